The number of nitrogens with one attached hydrogen (secondary N) is 4. The van der Waals surface area contributed by atoms with Crippen LogP contribution < -0.4 is 21.3 Å². The van der Waals surface area contributed by atoms with E-state index in [-0.39, 0.29) is 30.0 Å². The van der Waals surface area contributed by atoms with Gasteiger partial charge in [0.25, 0.3) is 5.91 Å². The molecule has 0 saturated carbocycles. The summed E-state index contributed by atoms with van der Waals surface area (Å²) in [6, 6.07) is 9.34. The molecular weight excluding hydrogens is 508 g/mol. The Morgan fingerprint density at radius 3 is 2.56 bits per heavy atom. The number of benzene rings is 2. The molecule has 39 heavy (non-hydrogen) atoms. The lowest BCUT2D eigenvalue weighted by Gasteiger charge is -2.23. The molecule has 0 bridgehead atoms. The molecule has 1 unspecified atom stereocenters. The van der Waals surface area contributed by atoms with Crippen molar-refractivity contribution in [1.82, 2.24) is 16.0 Å². The summed E-state index contributed by atoms with van der Waals surface area (Å²) in [7, 11) is 0. The largest absolute Gasteiger partial charge is 0.508 e. The first kappa shape index (κ1) is 28.9. The molecule has 3 rings (SSSR count). The van der Waals surface area contributed by atoms with Crippen molar-refractivity contribution < 1.29 is 34.8 Å². The van der Waals surface area contributed by atoms with Crippen molar-refractivity contribution in [3.05, 3.63) is 58.7 Å². The normalized spacial score (nSPS) is 15.7. The number of phenols is 1. The van der Waals surface area contributed by atoms with Crippen molar-refractivity contribution in [2.24, 2.45) is 4.99 Å². The summed E-state index contributed by atoms with van der Waals surface area (Å²) in [6.45, 7) is 3.00. The summed E-state index contributed by atoms with van der Waals surface area (Å²) < 4.78 is 0. The number of carbonyl (C=O) groups excluding carboxylic acids is 2. The number of rotatable bonds is 9. The van der Waals surface area contributed by atoms with Crippen molar-refractivity contribution >= 4 is 29.4 Å². The number of aliphatic hydroxyl groups is 2. The van der Waals surface area contributed by atoms with E-state index in [0.29, 0.717) is 22.8 Å². The Morgan fingerprint density at radius 2 is 1.95 bits per heavy atom. The number of nitrogens with zero attached hydrogens (tertiary/aromatic N) is 2. The Bertz CT molecular complexity index is 1330. The maximum atomic E-state index is 12.7. The fraction of sp³-hybridized carbons (Fsp3) is 0.346. The van der Waals surface area contributed by atoms with Crippen LogP contribution in [0.5, 0.6) is 5.75 Å². The van der Waals surface area contributed by atoms with Gasteiger partial charge in [0.1, 0.15) is 5.75 Å². The van der Waals surface area contributed by atoms with E-state index in [1.807, 2.05) is 6.07 Å². The number of aromatic hydroxyl groups is 1. The van der Waals surface area contributed by atoms with Crippen LogP contribution in [0.15, 0.2) is 41.4 Å². The molecule has 1 aliphatic rings. The molecule has 2 atom stereocenters. The van der Waals surface area contributed by atoms with Crippen LogP contribution in [0.25, 0.3) is 0 Å². The minimum atomic E-state index is -1.32. The molecule has 0 fully saturated rings. The second kappa shape index (κ2) is 12.2. The van der Waals surface area contributed by atoms with Crippen LogP contribution in [0, 0.1) is 11.3 Å². The average molecular weight is 539 g/mol. The van der Waals surface area contributed by atoms with Gasteiger partial charge in [0, 0.05) is 23.9 Å². The van der Waals surface area contributed by atoms with Gasteiger partial charge in [-0.1, -0.05) is 6.07 Å². The highest BCUT2D eigenvalue weighted by Crippen LogP contribution is 2.27. The molecule has 13 heteroatoms. The minimum absolute atomic E-state index is 0.0420. The number of hydrogen-bond acceptors (Lipinski definition) is 10. The molecule has 0 aromatic heterocycles. The third-order valence-electron chi connectivity index (χ3n) is 5.72. The quantitative estimate of drug-likeness (QED) is 0.218. The molecule has 0 aliphatic carbocycles. The summed E-state index contributed by atoms with van der Waals surface area (Å²) in [5.74, 6) is -2.44. The Kier molecular flexibility index (Phi) is 9.08. The van der Waals surface area contributed by atoms with E-state index in [0.717, 1.165) is 0 Å². The molecule has 0 radical (unpaired) electrons. The molecule has 1 aliphatic heterocycles. The standard InChI is InChI=1S/C26H30N6O7/c1-26(2,39)17-4-14(10-27)3-15(5-17)21(9-23(36)37)32-22(35)13-28-24(38)16-6-18(8-19(33)7-16)31-25-29-11-20(34)12-30-25/h3-8,20-21,33-34,39H,9,11-13H2,1-2H3,(H,28,38)(H,32,35)(H,36,37)(H2,29,30,31)/t21-/m0/s1. The predicted molar refractivity (Wildman–Crippen MR) is 140 cm³/mol. The number of β-amino-alcohol motifs (C(OH)–C–C–N with tert-alkyl or cyclic N) is 1. The first-order valence-electron chi connectivity index (χ1n) is 12.0. The van der Waals surface area contributed by atoms with Crippen molar-refractivity contribution in [2.75, 3.05) is 25.0 Å². The summed E-state index contributed by atoms with van der Waals surface area (Å²) in [4.78, 5) is 41.0. The monoisotopic (exact) mass is 538 g/mol. The number of nitriles is 1. The number of carboxylic acids is 1. The van der Waals surface area contributed by atoms with E-state index in [9.17, 15) is 40.1 Å². The van der Waals surface area contributed by atoms with Gasteiger partial charge in [-0.2, -0.15) is 5.26 Å². The number of aliphatic hydroxyl groups excluding tert-OH is 1. The zero-order valence-corrected chi connectivity index (χ0v) is 21.4. The van der Waals surface area contributed by atoms with Crippen LogP contribution in [0.3, 0.4) is 0 Å². The maximum absolute atomic E-state index is 12.7. The number of aliphatic carboxylic acids is 1. The lowest BCUT2D eigenvalue weighted by Crippen LogP contribution is -2.42. The van der Waals surface area contributed by atoms with Gasteiger partial charge in [0.2, 0.25) is 5.91 Å². The molecule has 2 amide bonds. The highest BCUT2D eigenvalue weighted by molar-refractivity contribution is 6.00. The van der Waals surface area contributed by atoms with E-state index in [2.05, 4.69) is 26.3 Å². The van der Waals surface area contributed by atoms with Crippen LogP contribution in [0.4, 0.5) is 5.69 Å². The van der Waals surface area contributed by atoms with Crippen molar-refractivity contribution in [3.8, 4) is 11.8 Å². The smallest absolute Gasteiger partial charge is 0.305 e. The summed E-state index contributed by atoms with van der Waals surface area (Å²) >= 11 is 0. The maximum Gasteiger partial charge on any atom is 0.305 e. The molecular formula is C26H30N6O7. The predicted octanol–water partition coefficient (Wildman–Crippen LogP) is 0.285. The third kappa shape index (κ3) is 8.42. The number of amides is 2. The highest BCUT2D eigenvalue weighted by Gasteiger charge is 2.24. The van der Waals surface area contributed by atoms with Gasteiger partial charge in [-0.15, -0.1) is 0 Å². The number of carboxylic acid groups (broad SMARTS) is 1. The minimum Gasteiger partial charge on any atom is -0.508 e. The van der Waals surface area contributed by atoms with Crippen LogP contribution in [0.1, 0.15) is 53.4 Å². The number of anilines is 1. The van der Waals surface area contributed by atoms with Gasteiger partial charge in [-0.3, -0.25) is 19.4 Å². The van der Waals surface area contributed by atoms with E-state index < -0.39 is 48.5 Å². The second-order valence-electron chi connectivity index (χ2n) is 9.53. The number of guanidine groups is 1. The third-order valence-corrected chi connectivity index (χ3v) is 5.72. The summed E-state index contributed by atoms with van der Waals surface area (Å²) in [6.07, 6.45) is -1.11. The van der Waals surface area contributed by atoms with Gasteiger partial charge in [-0.25, -0.2) is 0 Å². The lowest BCUT2D eigenvalue weighted by atomic mass is 9.91. The summed E-state index contributed by atoms with van der Waals surface area (Å²) in [5, 5.41) is 59.4. The number of carbonyl (C=O) groups is 3. The molecule has 2 aromatic carbocycles. The molecule has 0 saturated heterocycles. The van der Waals surface area contributed by atoms with Crippen molar-refractivity contribution in [2.45, 2.75) is 38.0 Å². The topological polar surface area (TPSA) is 216 Å². The molecule has 2 aromatic rings. The number of hydrogen-bond donors (Lipinski definition) is 8. The Morgan fingerprint density at radius 1 is 1.21 bits per heavy atom. The zero-order chi connectivity index (χ0) is 28.7. The summed E-state index contributed by atoms with van der Waals surface area (Å²) in [5.41, 5.74) is -0.0731. The van der Waals surface area contributed by atoms with Gasteiger partial charge < -0.3 is 41.7 Å². The molecule has 8 N–H and O–H groups in total. The highest BCUT2D eigenvalue weighted by atomic mass is 16.4. The Hall–Kier alpha value is -4.67. The van der Waals surface area contributed by atoms with Gasteiger partial charge in [-0.05, 0) is 49.2 Å². The number of aliphatic imine (C=N–C) groups is 1. The zero-order valence-electron chi connectivity index (χ0n) is 21.4. The van der Waals surface area contributed by atoms with Crippen LogP contribution in [-0.2, 0) is 15.2 Å². The Balaban J connectivity index is 1.70. The van der Waals surface area contributed by atoms with Crippen molar-refractivity contribution in [1.29, 1.82) is 5.26 Å². The van der Waals surface area contributed by atoms with E-state index in [4.69, 9.17) is 0 Å². The first-order chi connectivity index (χ1) is 18.3. The fourth-order valence-electron chi connectivity index (χ4n) is 3.77. The molecule has 13 nitrogen and oxygen atoms in total. The molecule has 0 spiro atoms. The van der Waals surface area contributed by atoms with E-state index in [1.54, 1.807) is 0 Å². The van der Waals surface area contributed by atoms with Gasteiger partial charge >= 0.3 is 5.97 Å². The molecule has 1 heterocycles. The van der Waals surface area contributed by atoms with Gasteiger partial charge in [0.15, 0.2) is 5.96 Å². The lowest BCUT2D eigenvalue weighted by molar-refractivity contribution is -0.137. The second-order valence-corrected chi connectivity index (χ2v) is 9.53. The van der Waals surface area contributed by atoms with Gasteiger partial charge in [0.05, 0.1) is 48.9 Å². The number of phenolic OH excluding ortho intramolecular Hbond substituents is 1. The Labute approximate surface area is 224 Å². The average Bonchev–Trinajstić information content (AvgIpc) is 2.86. The molecule has 206 valence electrons. The SMILES string of the molecule is CC(C)(O)c1cc(C#N)cc([C@H](CC(=O)O)NC(=O)CNC(=O)c2cc(O)cc(NC3=NCC(O)CN3)c2)c1. The first-order valence-corrected chi connectivity index (χ1v) is 12.0. The van der Waals surface area contributed by atoms with Crippen LogP contribution in [-0.4, -0.2) is 69.9 Å². The van der Waals surface area contributed by atoms with Crippen LogP contribution >= 0.6 is 0 Å². The van der Waals surface area contributed by atoms with Crippen molar-refractivity contribution in [3.63, 3.8) is 0 Å². The van der Waals surface area contributed by atoms with Crippen LogP contribution in [0.2, 0.25) is 0 Å². The van der Waals surface area contributed by atoms with E-state index in [1.165, 1.54) is 50.2 Å². The van der Waals surface area contributed by atoms with E-state index >= 15 is 0 Å². The fourth-order valence-corrected chi connectivity index (χ4v) is 3.77.